The third kappa shape index (κ3) is 8.10. The molecule has 0 aliphatic carbocycles. The molecule has 1 unspecified atom stereocenters. The van der Waals surface area contributed by atoms with Crippen LogP contribution in [-0.2, 0) is 4.79 Å². The van der Waals surface area contributed by atoms with Crippen molar-refractivity contribution >= 4 is 17.5 Å². The first kappa shape index (κ1) is 12.8. The lowest BCUT2D eigenvalue weighted by Crippen LogP contribution is -2.32. The molecular weight excluding hydrogens is 186 g/mol. The molecule has 0 aromatic rings. The minimum absolute atomic E-state index is 0.145. The van der Waals surface area contributed by atoms with Gasteiger partial charge in [-0.05, 0) is 25.7 Å². The number of nitrogens with one attached hydrogen (secondary N) is 1. The van der Waals surface area contributed by atoms with E-state index >= 15 is 0 Å². The number of halogens is 1. The van der Waals surface area contributed by atoms with Crippen LogP contribution < -0.4 is 5.32 Å². The maximum Gasteiger partial charge on any atom is 0.220 e. The van der Waals surface area contributed by atoms with Crippen LogP contribution in [0.4, 0.5) is 0 Å². The molecule has 0 aliphatic heterocycles. The SMILES string of the molecule is CC(C)CCC(=O)NC(C)CCCl. The van der Waals surface area contributed by atoms with Crippen molar-refractivity contribution in [2.75, 3.05) is 5.88 Å². The first-order valence-electron chi connectivity index (χ1n) is 4.91. The second kappa shape index (κ2) is 7.19. The highest BCUT2D eigenvalue weighted by atomic mass is 35.5. The lowest BCUT2D eigenvalue weighted by molar-refractivity contribution is -0.121. The maximum atomic E-state index is 11.3. The molecule has 13 heavy (non-hydrogen) atoms. The van der Waals surface area contributed by atoms with Crippen molar-refractivity contribution in [2.45, 2.75) is 46.1 Å². The van der Waals surface area contributed by atoms with Gasteiger partial charge in [-0.2, -0.15) is 0 Å². The molecule has 0 aliphatic rings. The van der Waals surface area contributed by atoms with Gasteiger partial charge in [0.05, 0.1) is 0 Å². The summed E-state index contributed by atoms with van der Waals surface area (Å²) >= 11 is 5.56. The van der Waals surface area contributed by atoms with Gasteiger partial charge in [0.15, 0.2) is 0 Å². The predicted octanol–water partition coefficient (Wildman–Crippen LogP) is 2.56. The number of amides is 1. The Bertz CT molecular complexity index is 148. The van der Waals surface area contributed by atoms with E-state index in [4.69, 9.17) is 11.6 Å². The fourth-order valence-corrected chi connectivity index (χ4v) is 1.33. The number of carbonyl (C=O) groups is 1. The summed E-state index contributed by atoms with van der Waals surface area (Å²) in [5, 5.41) is 2.91. The standard InChI is InChI=1S/C10H20ClNO/c1-8(2)4-5-10(13)12-9(3)6-7-11/h8-9H,4-7H2,1-3H3,(H,12,13). The molecule has 1 amide bonds. The first-order chi connectivity index (χ1) is 6.06. The van der Waals surface area contributed by atoms with E-state index in [2.05, 4.69) is 19.2 Å². The van der Waals surface area contributed by atoms with Crippen molar-refractivity contribution in [1.29, 1.82) is 0 Å². The Morgan fingerprint density at radius 2 is 1.92 bits per heavy atom. The smallest absolute Gasteiger partial charge is 0.220 e. The van der Waals surface area contributed by atoms with E-state index in [0.29, 0.717) is 18.2 Å². The second-order valence-corrected chi connectivity index (χ2v) is 4.26. The van der Waals surface area contributed by atoms with E-state index in [1.807, 2.05) is 6.92 Å². The monoisotopic (exact) mass is 205 g/mol. The van der Waals surface area contributed by atoms with Gasteiger partial charge in [-0.25, -0.2) is 0 Å². The van der Waals surface area contributed by atoms with Gasteiger partial charge in [0, 0.05) is 18.3 Å². The third-order valence-corrected chi connectivity index (χ3v) is 2.12. The summed E-state index contributed by atoms with van der Waals surface area (Å²) in [4.78, 5) is 11.3. The predicted molar refractivity (Wildman–Crippen MR) is 57.0 cm³/mol. The van der Waals surface area contributed by atoms with Gasteiger partial charge in [-0.3, -0.25) is 4.79 Å². The highest BCUT2D eigenvalue weighted by molar-refractivity contribution is 6.17. The fourth-order valence-electron chi connectivity index (χ4n) is 1.00. The van der Waals surface area contributed by atoms with Crippen molar-refractivity contribution in [2.24, 2.45) is 5.92 Å². The molecule has 0 saturated carbocycles. The topological polar surface area (TPSA) is 29.1 Å². The van der Waals surface area contributed by atoms with Gasteiger partial charge in [0.1, 0.15) is 0 Å². The molecule has 0 fully saturated rings. The highest BCUT2D eigenvalue weighted by Gasteiger charge is 2.06. The number of hydrogen-bond donors (Lipinski definition) is 1. The highest BCUT2D eigenvalue weighted by Crippen LogP contribution is 2.03. The van der Waals surface area contributed by atoms with Crippen molar-refractivity contribution in [3.8, 4) is 0 Å². The van der Waals surface area contributed by atoms with Crippen LogP contribution in [0.2, 0.25) is 0 Å². The van der Waals surface area contributed by atoms with Crippen LogP contribution in [0.1, 0.15) is 40.0 Å². The van der Waals surface area contributed by atoms with E-state index in [-0.39, 0.29) is 11.9 Å². The van der Waals surface area contributed by atoms with Crippen molar-refractivity contribution in [3.63, 3.8) is 0 Å². The molecule has 0 radical (unpaired) electrons. The van der Waals surface area contributed by atoms with E-state index in [1.54, 1.807) is 0 Å². The first-order valence-corrected chi connectivity index (χ1v) is 5.45. The van der Waals surface area contributed by atoms with Crippen LogP contribution in [0.15, 0.2) is 0 Å². The van der Waals surface area contributed by atoms with E-state index in [0.717, 1.165) is 12.8 Å². The molecule has 0 heterocycles. The number of rotatable bonds is 6. The number of alkyl halides is 1. The van der Waals surface area contributed by atoms with Crippen LogP contribution in [0.5, 0.6) is 0 Å². The summed E-state index contributed by atoms with van der Waals surface area (Å²) in [6, 6.07) is 0.206. The summed E-state index contributed by atoms with van der Waals surface area (Å²) in [6.07, 6.45) is 2.43. The Morgan fingerprint density at radius 3 is 2.38 bits per heavy atom. The molecule has 0 rings (SSSR count). The summed E-state index contributed by atoms with van der Waals surface area (Å²) in [6.45, 7) is 6.22. The summed E-state index contributed by atoms with van der Waals surface area (Å²) in [5.74, 6) is 1.34. The minimum atomic E-state index is 0.145. The lowest BCUT2D eigenvalue weighted by atomic mass is 10.1. The van der Waals surface area contributed by atoms with Gasteiger partial charge in [0.25, 0.3) is 0 Å². The third-order valence-electron chi connectivity index (χ3n) is 1.90. The van der Waals surface area contributed by atoms with Crippen LogP contribution >= 0.6 is 11.6 Å². The molecule has 0 spiro atoms. The zero-order chi connectivity index (χ0) is 10.3. The Morgan fingerprint density at radius 1 is 1.31 bits per heavy atom. The van der Waals surface area contributed by atoms with Crippen molar-refractivity contribution in [1.82, 2.24) is 5.32 Å². The van der Waals surface area contributed by atoms with Crippen LogP contribution in [0, 0.1) is 5.92 Å². The Labute approximate surface area is 86.0 Å². The quantitative estimate of drug-likeness (QED) is 0.664. The lowest BCUT2D eigenvalue weighted by Gasteiger charge is -2.12. The number of hydrogen-bond acceptors (Lipinski definition) is 1. The summed E-state index contributed by atoms with van der Waals surface area (Å²) < 4.78 is 0. The average Bonchev–Trinajstić information content (AvgIpc) is 2.01. The van der Waals surface area contributed by atoms with Crippen LogP contribution in [-0.4, -0.2) is 17.8 Å². The average molecular weight is 206 g/mol. The zero-order valence-electron chi connectivity index (χ0n) is 8.77. The molecule has 2 nitrogen and oxygen atoms in total. The Hall–Kier alpha value is -0.240. The van der Waals surface area contributed by atoms with Gasteiger partial charge in [0.2, 0.25) is 5.91 Å². The maximum absolute atomic E-state index is 11.3. The molecular formula is C10H20ClNO. The second-order valence-electron chi connectivity index (χ2n) is 3.88. The van der Waals surface area contributed by atoms with E-state index in [9.17, 15) is 4.79 Å². The zero-order valence-corrected chi connectivity index (χ0v) is 9.53. The van der Waals surface area contributed by atoms with Crippen LogP contribution in [0.3, 0.4) is 0 Å². The molecule has 1 atom stereocenters. The van der Waals surface area contributed by atoms with Gasteiger partial charge < -0.3 is 5.32 Å². The molecule has 1 N–H and O–H groups in total. The number of carbonyl (C=O) groups excluding carboxylic acids is 1. The normalized spacial score (nSPS) is 13.0. The van der Waals surface area contributed by atoms with Gasteiger partial charge in [-0.15, -0.1) is 11.6 Å². The molecule has 78 valence electrons. The van der Waals surface area contributed by atoms with E-state index in [1.165, 1.54) is 0 Å². The minimum Gasteiger partial charge on any atom is -0.354 e. The summed E-state index contributed by atoms with van der Waals surface area (Å²) in [7, 11) is 0. The molecule has 0 aromatic heterocycles. The Balaban J connectivity index is 3.50. The van der Waals surface area contributed by atoms with Gasteiger partial charge >= 0.3 is 0 Å². The molecule has 0 aromatic carbocycles. The summed E-state index contributed by atoms with van der Waals surface area (Å²) in [5.41, 5.74) is 0. The van der Waals surface area contributed by atoms with Crippen LogP contribution in [0.25, 0.3) is 0 Å². The van der Waals surface area contributed by atoms with Gasteiger partial charge in [-0.1, -0.05) is 13.8 Å². The van der Waals surface area contributed by atoms with E-state index < -0.39 is 0 Å². The Kier molecular flexibility index (Phi) is 7.06. The van der Waals surface area contributed by atoms with Crippen molar-refractivity contribution < 1.29 is 4.79 Å². The molecule has 3 heteroatoms. The fraction of sp³-hybridized carbons (Fsp3) is 0.900. The molecule has 0 bridgehead atoms. The molecule has 0 saturated heterocycles. The largest absolute Gasteiger partial charge is 0.354 e. The van der Waals surface area contributed by atoms with Crippen molar-refractivity contribution in [3.05, 3.63) is 0 Å².